The number of halogens is 2. The zero-order valence-electron chi connectivity index (χ0n) is 15.2. The number of anilines is 3. The van der Waals surface area contributed by atoms with E-state index < -0.39 is 23.4 Å². The number of nitrogens with one attached hydrogen (secondary N) is 2. The van der Waals surface area contributed by atoms with Gasteiger partial charge in [0.1, 0.15) is 29.3 Å². The lowest BCUT2D eigenvalue weighted by molar-refractivity contribution is 0.122. The van der Waals surface area contributed by atoms with Crippen molar-refractivity contribution >= 4 is 23.1 Å². The second kappa shape index (κ2) is 8.19. The monoisotopic (exact) mass is 401 g/mol. The predicted molar refractivity (Wildman–Crippen MR) is 101 cm³/mol. The normalized spacial score (nSPS) is 13.9. The maximum atomic E-state index is 13.7. The molecule has 9 nitrogen and oxygen atoms in total. The molecule has 150 valence electrons. The quantitative estimate of drug-likeness (QED) is 0.697. The molecule has 0 spiro atoms. The van der Waals surface area contributed by atoms with Crippen molar-refractivity contribution in [2.75, 3.05) is 41.8 Å². The van der Waals surface area contributed by atoms with Gasteiger partial charge in [0, 0.05) is 13.1 Å². The number of aromatic nitrogens is 4. The number of rotatable bonds is 4. The first-order valence-electron chi connectivity index (χ1n) is 8.81. The summed E-state index contributed by atoms with van der Waals surface area (Å²) in [6.07, 6.45) is 6.05. The number of para-hydroxylation sites is 1. The van der Waals surface area contributed by atoms with Crippen LogP contribution in [0, 0.1) is 11.6 Å². The number of carbonyl (C=O) groups is 1. The molecule has 1 aliphatic rings. The van der Waals surface area contributed by atoms with Crippen LogP contribution in [0.15, 0.2) is 43.1 Å². The van der Waals surface area contributed by atoms with Gasteiger partial charge in [0.05, 0.1) is 37.5 Å². The average Bonchev–Trinajstić information content (AvgIpc) is 3.20. The lowest BCUT2D eigenvalue weighted by Gasteiger charge is -2.29. The summed E-state index contributed by atoms with van der Waals surface area (Å²) < 4.78 is 34.2. The summed E-state index contributed by atoms with van der Waals surface area (Å²) in [7, 11) is 0. The van der Waals surface area contributed by atoms with Crippen molar-refractivity contribution in [3.05, 3.63) is 54.8 Å². The van der Waals surface area contributed by atoms with Crippen molar-refractivity contribution < 1.29 is 18.3 Å². The molecule has 0 saturated carbocycles. The van der Waals surface area contributed by atoms with E-state index in [0.29, 0.717) is 37.8 Å². The number of urea groups is 1. The van der Waals surface area contributed by atoms with Crippen LogP contribution in [0.5, 0.6) is 0 Å². The van der Waals surface area contributed by atoms with Crippen LogP contribution < -0.4 is 15.5 Å². The van der Waals surface area contributed by atoms with Crippen LogP contribution in [0.4, 0.5) is 30.6 Å². The molecule has 11 heteroatoms. The van der Waals surface area contributed by atoms with Gasteiger partial charge in [-0.2, -0.15) is 5.10 Å². The van der Waals surface area contributed by atoms with E-state index in [4.69, 9.17) is 4.74 Å². The summed E-state index contributed by atoms with van der Waals surface area (Å²) in [5.74, 6) is -1.20. The Labute approximate surface area is 164 Å². The molecule has 2 aromatic heterocycles. The van der Waals surface area contributed by atoms with Crippen LogP contribution in [0.1, 0.15) is 0 Å². The first-order chi connectivity index (χ1) is 14.1. The summed E-state index contributed by atoms with van der Waals surface area (Å²) in [6, 6.07) is 2.52. The number of ether oxygens (including phenoxy) is 1. The van der Waals surface area contributed by atoms with Crippen LogP contribution in [0.2, 0.25) is 0 Å². The molecule has 2 amide bonds. The molecule has 0 aliphatic carbocycles. The van der Waals surface area contributed by atoms with E-state index in [-0.39, 0.29) is 0 Å². The van der Waals surface area contributed by atoms with Gasteiger partial charge in [0.25, 0.3) is 0 Å². The zero-order valence-corrected chi connectivity index (χ0v) is 15.2. The van der Waals surface area contributed by atoms with Gasteiger partial charge in [-0.25, -0.2) is 28.2 Å². The highest BCUT2D eigenvalue weighted by Gasteiger charge is 2.18. The minimum Gasteiger partial charge on any atom is -0.378 e. The Kier molecular flexibility index (Phi) is 5.29. The Morgan fingerprint density at radius 2 is 1.86 bits per heavy atom. The van der Waals surface area contributed by atoms with E-state index in [0.717, 1.165) is 17.8 Å². The van der Waals surface area contributed by atoms with Crippen molar-refractivity contribution in [2.45, 2.75) is 0 Å². The van der Waals surface area contributed by atoms with Gasteiger partial charge in [-0.05, 0) is 12.1 Å². The fraction of sp³-hybridized carbons (Fsp3) is 0.222. The molecule has 1 aromatic carbocycles. The number of hydrogen-bond acceptors (Lipinski definition) is 6. The minimum absolute atomic E-state index is 0.325. The second-order valence-electron chi connectivity index (χ2n) is 6.18. The average molecular weight is 401 g/mol. The van der Waals surface area contributed by atoms with E-state index in [2.05, 4.69) is 30.6 Å². The Morgan fingerprint density at radius 1 is 1.10 bits per heavy atom. The summed E-state index contributed by atoms with van der Waals surface area (Å²) in [6.45, 7) is 2.60. The van der Waals surface area contributed by atoms with Crippen LogP contribution >= 0.6 is 0 Å². The van der Waals surface area contributed by atoms with Gasteiger partial charge < -0.3 is 20.3 Å². The van der Waals surface area contributed by atoms with E-state index in [1.54, 1.807) is 12.4 Å². The van der Waals surface area contributed by atoms with Gasteiger partial charge in [-0.15, -0.1) is 0 Å². The summed E-state index contributed by atoms with van der Waals surface area (Å²) >= 11 is 0. The smallest absolute Gasteiger partial charge is 0.323 e. The van der Waals surface area contributed by atoms with Crippen LogP contribution in [-0.2, 0) is 4.74 Å². The standard InChI is InChI=1S/C18H17F2N7O2/c19-13-2-1-3-14(20)16(13)25-18(28)24-12-8-23-27(10-12)17-15(9-21-11-22-17)26-4-6-29-7-5-26/h1-3,8-11H,4-7H2,(H2,24,25,28). The Hall–Kier alpha value is -3.60. The van der Waals surface area contributed by atoms with Gasteiger partial charge in [0.2, 0.25) is 0 Å². The molecule has 0 unspecified atom stereocenters. The predicted octanol–water partition coefficient (Wildman–Crippen LogP) is 2.42. The maximum Gasteiger partial charge on any atom is 0.323 e. The molecular weight excluding hydrogens is 384 g/mol. The topological polar surface area (TPSA) is 97.2 Å². The molecule has 3 heterocycles. The highest BCUT2D eigenvalue weighted by Crippen LogP contribution is 2.23. The van der Waals surface area contributed by atoms with Crippen molar-refractivity contribution in [3.63, 3.8) is 0 Å². The van der Waals surface area contributed by atoms with Gasteiger partial charge in [-0.1, -0.05) is 6.07 Å². The molecule has 0 bridgehead atoms. The fourth-order valence-corrected chi connectivity index (χ4v) is 2.92. The van der Waals surface area contributed by atoms with Crippen molar-refractivity contribution in [1.82, 2.24) is 19.7 Å². The highest BCUT2D eigenvalue weighted by atomic mass is 19.1. The third kappa shape index (κ3) is 4.14. The lowest BCUT2D eigenvalue weighted by atomic mass is 10.3. The van der Waals surface area contributed by atoms with Crippen molar-refractivity contribution in [2.24, 2.45) is 0 Å². The second-order valence-corrected chi connectivity index (χ2v) is 6.18. The van der Waals surface area contributed by atoms with E-state index in [1.165, 1.54) is 23.3 Å². The largest absolute Gasteiger partial charge is 0.378 e. The Bertz CT molecular complexity index is 1000. The van der Waals surface area contributed by atoms with E-state index in [1.807, 2.05) is 0 Å². The number of amides is 2. The molecule has 0 atom stereocenters. The maximum absolute atomic E-state index is 13.7. The van der Waals surface area contributed by atoms with Crippen molar-refractivity contribution in [1.29, 1.82) is 0 Å². The summed E-state index contributed by atoms with van der Waals surface area (Å²) in [5, 5.41) is 8.86. The van der Waals surface area contributed by atoms with E-state index in [9.17, 15) is 13.6 Å². The van der Waals surface area contributed by atoms with Crippen LogP contribution in [-0.4, -0.2) is 52.1 Å². The molecule has 4 rings (SSSR count). The number of benzene rings is 1. The van der Waals surface area contributed by atoms with Gasteiger partial charge >= 0.3 is 6.03 Å². The third-order valence-corrected chi connectivity index (χ3v) is 4.28. The van der Waals surface area contributed by atoms with Crippen LogP contribution in [0.3, 0.4) is 0 Å². The Morgan fingerprint density at radius 3 is 2.62 bits per heavy atom. The summed E-state index contributed by atoms with van der Waals surface area (Å²) in [5.41, 5.74) is 0.580. The lowest BCUT2D eigenvalue weighted by Crippen LogP contribution is -2.37. The highest BCUT2D eigenvalue weighted by molar-refractivity contribution is 5.99. The minimum atomic E-state index is -0.869. The molecule has 1 fully saturated rings. The molecule has 0 radical (unpaired) electrons. The number of nitrogens with zero attached hydrogens (tertiary/aromatic N) is 5. The molecule has 29 heavy (non-hydrogen) atoms. The first kappa shape index (κ1) is 18.7. The number of hydrogen-bond donors (Lipinski definition) is 2. The zero-order chi connectivity index (χ0) is 20.2. The molecule has 2 N–H and O–H groups in total. The SMILES string of the molecule is O=C(Nc1cnn(-c2ncncc2N2CCOCC2)c1)Nc1c(F)cccc1F. The van der Waals surface area contributed by atoms with Crippen LogP contribution in [0.25, 0.3) is 5.82 Å². The number of carbonyl (C=O) groups excluding carboxylic acids is 1. The first-order valence-corrected chi connectivity index (χ1v) is 8.81. The fourth-order valence-electron chi connectivity index (χ4n) is 2.92. The third-order valence-electron chi connectivity index (χ3n) is 4.28. The summed E-state index contributed by atoms with van der Waals surface area (Å²) in [4.78, 5) is 22.6. The molecular formula is C18H17F2N7O2. The molecule has 1 saturated heterocycles. The molecule has 1 aliphatic heterocycles. The van der Waals surface area contributed by atoms with Crippen molar-refractivity contribution in [3.8, 4) is 5.82 Å². The van der Waals surface area contributed by atoms with Gasteiger partial charge in [-0.3, -0.25) is 0 Å². The number of morpholine rings is 1. The molecule has 3 aromatic rings. The van der Waals surface area contributed by atoms with E-state index >= 15 is 0 Å². The van der Waals surface area contributed by atoms with Gasteiger partial charge in [0.15, 0.2) is 5.82 Å². The Balaban J connectivity index is 1.50.